The number of hydrogen-bond acceptors (Lipinski definition) is 3. The van der Waals surface area contributed by atoms with Gasteiger partial charge in [-0.25, -0.2) is 0 Å². The van der Waals surface area contributed by atoms with Crippen molar-refractivity contribution < 1.29 is 4.79 Å². The lowest BCUT2D eigenvalue weighted by atomic mass is 9.89. The molecule has 4 heteroatoms. The molecule has 0 fully saturated rings. The molecular formula is C15H27N3O. The summed E-state index contributed by atoms with van der Waals surface area (Å²) >= 11 is 0. The molecule has 0 bridgehead atoms. The summed E-state index contributed by atoms with van der Waals surface area (Å²) in [5.74, 6) is 0.231. The number of ketones is 1. The molecule has 1 rings (SSSR count). The highest BCUT2D eigenvalue weighted by Crippen LogP contribution is 2.20. The summed E-state index contributed by atoms with van der Waals surface area (Å²) in [4.78, 5) is 14.5. The van der Waals surface area contributed by atoms with Gasteiger partial charge in [-0.1, -0.05) is 13.8 Å². The molecule has 1 heterocycles. The van der Waals surface area contributed by atoms with E-state index in [0.29, 0.717) is 12.5 Å². The topological polar surface area (TPSA) is 38.1 Å². The Hall–Kier alpha value is -1.16. The van der Waals surface area contributed by atoms with Gasteiger partial charge in [-0.05, 0) is 46.9 Å². The van der Waals surface area contributed by atoms with Crippen LogP contribution in [-0.4, -0.2) is 40.1 Å². The lowest BCUT2D eigenvalue weighted by Crippen LogP contribution is -2.48. The zero-order valence-corrected chi connectivity index (χ0v) is 13.1. The second-order valence-electron chi connectivity index (χ2n) is 5.67. The van der Waals surface area contributed by atoms with E-state index in [1.807, 2.05) is 42.9 Å². The normalized spacial score (nSPS) is 16.4. The molecule has 0 amide bonds. The number of carbonyl (C=O) groups is 1. The van der Waals surface area contributed by atoms with E-state index in [-0.39, 0.29) is 5.78 Å². The predicted octanol–water partition coefficient (Wildman–Crippen LogP) is 2.70. The van der Waals surface area contributed by atoms with Gasteiger partial charge in [-0.3, -0.25) is 14.4 Å². The second-order valence-corrected chi connectivity index (χ2v) is 5.67. The van der Waals surface area contributed by atoms with Crippen LogP contribution in [0.25, 0.3) is 0 Å². The Morgan fingerprint density at radius 1 is 1.47 bits per heavy atom. The maximum Gasteiger partial charge on any atom is 0.158 e. The Labute approximate surface area is 116 Å². The Morgan fingerprint density at radius 3 is 2.58 bits per heavy atom. The van der Waals surface area contributed by atoms with Crippen molar-refractivity contribution in [1.82, 2.24) is 14.7 Å². The molecule has 0 aromatic carbocycles. The van der Waals surface area contributed by atoms with Crippen molar-refractivity contribution in [2.75, 3.05) is 14.1 Å². The summed E-state index contributed by atoms with van der Waals surface area (Å²) in [6, 6.07) is 2.34. The van der Waals surface area contributed by atoms with E-state index >= 15 is 0 Å². The zero-order chi connectivity index (χ0) is 14.6. The van der Waals surface area contributed by atoms with Crippen molar-refractivity contribution in [1.29, 1.82) is 0 Å². The highest BCUT2D eigenvalue weighted by molar-refractivity contribution is 5.89. The Kier molecular flexibility index (Phi) is 5.29. The Bertz CT molecular complexity index is 425. The number of aromatic nitrogens is 2. The van der Waals surface area contributed by atoms with Gasteiger partial charge >= 0.3 is 0 Å². The maximum atomic E-state index is 12.5. The standard InChI is InChI=1S/C15H27N3O/c1-7-12(3)18-10-9-13(16-18)11-14(19)15(4,8-2)17(5)6/h9-10,12H,7-8,11H2,1-6H3. The zero-order valence-electron chi connectivity index (χ0n) is 13.1. The average Bonchev–Trinajstić information content (AvgIpc) is 2.84. The first-order valence-electron chi connectivity index (χ1n) is 7.09. The third kappa shape index (κ3) is 3.44. The molecule has 0 spiro atoms. The van der Waals surface area contributed by atoms with Crippen molar-refractivity contribution in [2.45, 2.75) is 58.5 Å². The van der Waals surface area contributed by atoms with Crippen LogP contribution in [0, 0.1) is 0 Å². The number of rotatable bonds is 7. The van der Waals surface area contributed by atoms with Gasteiger partial charge in [0.15, 0.2) is 5.78 Å². The van der Waals surface area contributed by atoms with Crippen LogP contribution < -0.4 is 0 Å². The van der Waals surface area contributed by atoms with E-state index in [1.165, 1.54) is 0 Å². The lowest BCUT2D eigenvalue weighted by Gasteiger charge is -2.33. The number of nitrogens with zero attached hydrogens (tertiary/aromatic N) is 3. The van der Waals surface area contributed by atoms with Gasteiger partial charge < -0.3 is 0 Å². The van der Waals surface area contributed by atoms with Gasteiger partial charge in [0.2, 0.25) is 0 Å². The molecule has 1 aromatic heterocycles. The molecule has 0 saturated heterocycles. The molecule has 0 aliphatic heterocycles. The van der Waals surface area contributed by atoms with E-state index < -0.39 is 5.54 Å². The largest absolute Gasteiger partial charge is 0.297 e. The van der Waals surface area contributed by atoms with Crippen LogP contribution >= 0.6 is 0 Å². The van der Waals surface area contributed by atoms with Gasteiger partial charge in [0.25, 0.3) is 0 Å². The van der Waals surface area contributed by atoms with Crippen molar-refractivity contribution in [2.24, 2.45) is 0 Å². The third-order valence-corrected chi connectivity index (χ3v) is 4.32. The van der Waals surface area contributed by atoms with Gasteiger partial charge in [0, 0.05) is 12.2 Å². The van der Waals surface area contributed by atoms with Gasteiger partial charge in [0.1, 0.15) is 0 Å². The molecule has 0 saturated carbocycles. The van der Waals surface area contributed by atoms with Crippen LogP contribution in [0.2, 0.25) is 0 Å². The van der Waals surface area contributed by atoms with E-state index in [1.54, 1.807) is 0 Å². The monoisotopic (exact) mass is 265 g/mol. The molecule has 1 aromatic rings. The SMILES string of the molecule is CCC(C)n1ccc(CC(=O)C(C)(CC)N(C)C)n1. The van der Waals surface area contributed by atoms with E-state index in [2.05, 4.69) is 25.9 Å². The molecule has 2 atom stereocenters. The van der Waals surface area contributed by atoms with Crippen molar-refractivity contribution in [3.05, 3.63) is 18.0 Å². The van der Waals surface area contributed by atoms with Crippen LogP contribution in [0.1, 0.15) is 52.3 Å². The minimum absolute atomic E-state index is 0.231. The first-order valence-corrected chi connectivity index (χ1v) is 7.09. The predicted molar refractivity (Wildman–Crippen MR) is 78.3 cm³/mol. The minimum Gasteiger partial charge on any atom is -0.297 e. The van der Waals surface area contributed by atoms with Gasteiger partial charge in [-0.15, -0.1) is 0 Å². The molecule has 4 nitrogen and oxygen atoms in total. The van der Waals surface area contributed by atoms with Crippen LogP contribution in [0.3, 0.4) is 0 Å². The van der Waals surface area contributed by atoms with E-state index in [9.17, 15) is 4.79 Å². The highest BCUT2D eigenvalue weighted by atomic mass is 16.1. The maximum absolute atomic E-state index is 12.5. The molecule has 0 N–H and O–H groups in total. The van der Waals surface area contributed by atoms with Gasteiger partial charge in [0.05, 0.1) is 17.7 Å². The summed E-state index contributed by atoms with van der Waals surface area (Å²) in [6.45, 7) is 8.32. The van der Waals surface area contributed by atoms with Gasteiger partial charge in [-0.2, -0.15) is 5.10 Å². The highest BCUT2D eigenvalue weighted by Gasteiger charge is 2.33. The first-order chi connectivity index (χ1) is 8.85. The number of hydrogen-bond donors (Lipinski definition) is 0. The van der Waals surface area contributed by atoms with E-state index in [4.69, 9.17) is 0 Å². The van der Waals surface area contributed by atoms with Crippen LogP contribution in [0.15, 0.2) is 12.3 Å². The molecular weight excluding hydrogens is 238 g/mol. The molecule has 108 valence electrons. The lowest BCUT2D eigenvalue weighted by molar-refractivity contribution is -0.128. The smallest absolute Gasteiger partial charge is 0.158 e. The van der Waals surface area contributed by atoms with Crippen molar-refractivity contribution in [3.63, 3.8) is 0 Å². The average molecular weight is 265 g/mol. The number of Topliss-reactive ketones (excluding diaryl/α,β-unsaturated/α-hetero) is 1. The fourth-order valence-electron chi connectivity index (χ4n) is 2.02. The van der Waals surface area contributed by atoms with Crippen LogP contribution in [0.5, 0.6) is 0 Å². The van der Waals surface area contributed by atoms with Crippen molar-refractivity contribution in [3.8, 4) is 0 Å². The quantitative estimate of drug-likeness (QED) is 0.761. The molecule has 0 radical (unpaired) electrons. The Morgan fingerprint density at radius 2 is 2.11 bits per heavy atom. The summed E-state index contributed by atoms with van der Waals surface area (Å²) in [6.07, 6.45) is 4.23. The molecule has 0 aliphatic carbocycles. The summed E-state index contributed by atoms with van der Waals surface area (Å²) < 4.78 is 1.95. The van der Waals surface area contributed by atoms with Crippen LogP contribution in [0.4, 0.5) is 0 Å². The summed E-state index contributed by atoms with van der Waals surface area (Å²) in [7, 11) is 3.91. The summed E-state index contributed by atoms with van der Waals surface area (Å²) in [5, 5.41) is 4.51. The molecule has 2 unspecified atom stereocenters. The number of likely N-dealkylation sites (N-methyl/N-ethyl adjacent to an activating group) is 1. The fraction of sp³-hybridized carbons (Fsp3) is 0.733. The number of carbonyl (C=O) groups excluding carboxylic acids is 1. The van der Waals surface area contributed by atoms with Crippen molar-refractivity contribution >= 4 is 5.78 Å². The molecule has 0 aliphatic rings. The van der Waals surface area contributed by atoms with E-state index in [0.717, 1.165) is 18.5 Å². The first kappa shape index (κ1) is 15.9. The minimum atomic E-state index is -0.403. The fourth-order valence-corrected chi connectivity index (χ4v) is 2.02. The summed E-state index contributed by atoms with van der Waals surface area (Å²) in [5.41, 5.74) is 0.465. The molecule has 19 heavy (non-hydrogen) atoms. The Balaban J connectivity index is 2.79. The second kappa shape index (κ2) is 6.33. The third-order valence-electron chi connectivity index (χ3n) is 4.32. The van der Waals surface area contributed by atoms with Crippen LogP contribution in [-0.2, 0) is 11.2 Å².